The Kier molecular flexibility index (Phi) is 29.7. The second kappa shape index (κ2) is 40.2. The van der Waals surface area contributed by atoms with E-state index in [1.165, 1.54) is 38.1 Å². The van der Waals surface area contributed by atoms with Crippen LogP contribution < -0.4 is 52.6 Å². The van der Waals surface area contributed by atoms with Gasteiger partial charge in [0.2, 0.25) is 29.5 Å². The average molecular weight is 1610 g/mol. The number of carbonyl (C=O) groups excluding carboxylic acids is 10. The molecule has 28 heteroatoms. The van der Waals surface area contributed by atoms with Crippen molar-refractivity contribution >= 4 is 110 Å². The van der Waals surface area contributed by atoms with Crippen molar-refractivity contribution in [1.82, 2.24) is 52.8 Å². The Labute approximate surface area is 659 Å². The Hall–Kier alpha value is -11.5. The SMILES string of the molecule is C[C@@H](OCc1ccccc1)[C@H](NC(=O)[C@]1(C)NC(=O)[C@H](CCCCNC(=O)OCc2ccc(Cl)cc2)NC(=O)[C@@H](Cc2c[nH]c3ccccc23)NC(=O)[C@H](Cc2ccc(OC(=O)OCc3ccc(Br)cc3)cc2)NC(=O)[C@](C)(NC(=O)[C@@H](Cc2ccccc2)NC(=O)OCc2ccccc2)S1)C(=O)NCc1ccccc1. The molecule has 0 spiro atoms. The number of alkyl carbamates (subject to hydrolysis) is 2. The number of amides is 9. The molecule has 0 saturated carbocycles. The first-order valence-corrected chi connectivity index (χ1v) is 38.0. The number of aromatic amines is 1. The van der Waals surface area contributed by atoms with Gasteiger partial charge in [-0.1, -0.05) is 215 Å². The molecule has 578 valence electrons. The molecule has 0 aliphatic carbocycles. The fourth-order valence-corrected chi connectivity index (χ4v) is 13.8. The molecular weight excluding hydrogens is 1520 g/mol. The molecule has 8 atom stereocenters. The third kappa shape index (κ3) is 25.0. The number of ether oxygens (including phenoxy) is 5. The highest BCUT2D eigenvalue weighted by atomic mass is 79.9. The Morgan fingerprint density at radius 3 is 1.73 bits per heavy atom. The lowest BCUT2D eigenvalue weighted by Crippen LogP contribution is -2.69. The third-order valence-electron chi connectivity index (χ3n) is 18.1. The molecule has 25 nitrogen and oxygen atoms in total. The Morgan fingerprint density at radius 1 is 0.541 bits per heavy atom. The molecule has 1 aromatic heterocycles. The van der Waals surface area contributed by atoms with Crippen LogP contribution in [0.3, 0.4) is 0 Å². The fourth-order valence-electron chi connectivity index (χ4n) is 12.0. The van der Waals surface area contributed by atoms with E-state index in [1.807, 2.05) is 54.6 Å². The number of hydrogen-bond acceptors (Lipinski definition) is 16. The van der Waals surface area contributed by atoms with Gasteiger partial charge in [-0.15, -0.1) is 0 Å². The molecule has 10 N–H and O–H groups in total. The average Bonchev–Trinajstić information content (AvgIpc) is 1.09. The van der Waals surface area contributed by atoms with Crippen LogP contribution in [0, 0.1) is 0 Å². The Morgan fingerprint density at radius 2 is 1.08 bits per heavy atom. The van der Waals surface area contributed by atoms with E-state index in [2.05, 4.69) is 68.8 Å². The molecule has 10 rings (SSSR count). The number of aromatic nitrogens is 1. The lowest BCUT2D eigenvalue weighted by atomic mass is 10.0. The van der Waals surface area contributed by atoms with E-state index in [0.29, 0.717) is 66.6 Å². The zero-order chi connectivity index (χ0) is 78.7. The first-order chi connectivity index (χ1) is 53.5. The molecule has 0 bridgehead atoms. The van der Waals surface area contributed by atoms with E-state index in [-0.39, 0.29) is 83.8 Å². The fraction of sp³-hybridized carbons (Fsp3) is 0.277. The van der Waals surface area contributed by atoms with Gasteiger partial charge in [0.05, 0.1) is 12.7 Å². The largest absolute Gasteiger partial charge is 0.514 e. The zero-order valence-electron chi connectivity index (χ0n) is 61.1. The maximum absolute atomic E-state index is 16.3. The lowest BCUT2D eigenvalue weighted by Gasteiger charge is -2.41. The van der Waals surface area contributed by atoms with E-state index >= 15 is 28.8 Å². The topological polar surface area (TPSA) is 341 Å². The molecule has 1 aliphatic rings. The number of para-hydroxylation sites is 1. The molecule has 2 heterocycles. The van der Waals surface area contributed by atoms with Crippen molar-refractivity contribution in [3.05, 3.63) is 279 Å². The van der Waals surface area contributed by atoms with Crippen LogP contribution in [0.15, 0.2) is 229 Å². The van der Waals surface area contributed by atoms with E-state index < -0.39 is 106 Å². The van der Waals surface area contributed by atoms with Gasteiger partial charge in [0.1, 0.15) is 55.8 Å². The van der Waals surface area contributed by atoms with Gasteiger partial charge in [0, 0.05) is 58.9 Å². The standard InChI is InChI=1S/C83H86BrClN10O15S/c1-53(106-49-57-24-12-6-13-25-57)71(76(100)88-47-56-22-10-5-11-23-56)93-78(102)83(3)94-74(98)67(30-18-19-43-86-79(103)107-51-60-33-39-63(85)40-34-60)89-73(97)70(46-61-48-87-66-29-17-16-28-65(61)66)90-72(96)68(45-55-35-41-64(42-36-55)110-81(105)109-52-59-31-37-62(84)38-32-59)91-77(101)82(2,111-83)95-75(99)69(44-54-20-8-4-9-21-54)92-80(104)108-50-58-26-14-7-15-27-58/h4-17,20-29,31-42,48,53,67-71,87H,18-19,30,43-47,49-52H2,1-3H3,(H,86,103)(H,88,100)(H,89,97)(H,90,96)(H,91,101)(H,92,104)(H,93,102)(H,94,98)(H,95,99)/t53-,67+,68+,69-,70-,71+,82-,83-/m1/s1. The van der Waals surface area contributed by atoms with Crippen molar-refractivity contribution in [2.45, 2.75) is 138 Å². The molecule has 0 radical (unpaired) electrons. The van der Waals surface area contributed by atoms with Gasteiger partial charge < -0.3 is 76.5 Å². The number of halogens is 2. The Balaban J connectivity index is 1.05. The predicted octanol–water partition coefficient (Wildman–Crippen LogP) is 11.0. The number of thioether (sulfide) groups is 1. The quantitative estimate of drug-likeness (QED) is 0.00865. The second-order valence-corrected chi connectivity index (χ2v) is 29.9. The lowest BCUT2D eigenvalue weighted by molar-refractivity contribution is -0.137. The molecule has 1 fully saturated rings. The van der Waals surface area contributed by atoms with Crippen molar-refractivity contribution in [1.29, 1.82) is 0 Å². The van der Waals surface area contributed by atoms with Gasteiger partial charge >= 0.3 is 18.3 Å². The number of benzene rings is 8. The predicted molar refractivity (Wildman–Crippen MR) is 422 cm³/mol. The van der Waals surface area contributed by atoms with Crippen LogP contribution in [0.4, 0.5) is 14.4 Å². The van der Waals surface area contributed by atoms with Gasteiger partial charge in [-0.05, 0) is 127 Å². The summed E-state index contributed by atoms with van der Waals surface area (Å²) in [4.78, 5) is 148. The van der Waals surface area contributed by atoms with E-state index in [9.17, 15) is 19.2 Å². The number of unbranched alkanes of at least 4 members (excludes halogenated alkanes) is 1. The minimum Gasteiger partial charge on any atom is -0.445 e. The number of carbonyl (C=O) groups is 10. The summed E-state index contributed by atoms with van der Waals surface area (Å²) in [5, 5.41) is 26.5. The van der Waals surface area contributed by atoms with Crippen LogP contribution in [0.5, 0.6) is 5.75 Å². The molecule has 0 unspecified atom stereocenters. The van der Waals surface area contributed by atoms with Crippen molar-refractivity contribution < 1.29 is 71.6 Å². The number of hydrogen-bond donors (Lipinski definition) is 10. The highest BCUT2D eigenvalue weighted by molar-refractivity contribution is 9.10. The molecular formula is C83H86BrClN10O15S. The maximum Gasteiger partial charge on any atom is 0.514 e. The summed E-state index contributed by atoms with van der Waals surface area (Å²) >= 11 is 9.85. The normalized spacial score (nSPS) is 18.1. The van der Waals surface area contributed by atoms with Crippen LogP contribution in [0.2, 0.25) is 5.02 Å². The number of rotatable bonds is 30. The van der Waals surface area contributed by atoms with Crippen LogP contribution in [0.25, 0.3) is 10.9 Å². The highest BCUT2D eigenvalue weighted by Gasteiger charge is 2.51. The van der Waals surface area contributed by atoms with E-state index in [4.69, 9.17) is 35.3 Å². The first kappa shape index (κ1) is 82.0. The highest BCUT2D eigenvalue weighted by Crippen LogP contribution is 2.36. The number of fused-ring (bicyclic) bond motifs is 1. The summed E-state index contributed by atoms with van der Waals surface area (Å²) < 4.78 is 29.2. The molecule has 8 aromatic carbocycles. The monoisotopic (exact) mass is 1610 g/mol. The molecule has 111 heavy (non-hydrogen) atoms. The molecule has 9 aromatic rings. The smallest absolute Gasteiger partial charge is 0.445 e. The van der Waals surface area contributed by atoms with E-state index in [0.717, 1.165) is 10.0 Å². The van der Waals surface area contributed by atoms with Crippen LogP contribution >= 0.6 is 39.3 Å². The summed E-state index contributed by atoms with van der Waals surface area (Å²) in [6.45, 7) is 3.70. The zero-order valence-corrected chi connectivity index (χ0v) is 64.3. The maximum atomic E-state index is 16.3. The summed E-state index contributed by atoms with van der Waals surface area (Å²) in [6, 6.07) is 54.6. The first-order valence-electron chi connectivity index (χ1n) is 36.0. The molecule has 9 amide bonds. The van der Waals surface area contributed by atoms with Gasteiger partial charge in [0.25, 0.3) is 11.8 Å². The number of nitrogens with one attached hydrogen (secondary N) is 10. The summed E-state index contributed by atoms with van der Waals surface area (Å²) in [5.74, 6) is -6.81. The summed E-state index contributed by atoms with van der Waals surface area (Å²) in [6.07, 6.45) is -2.85. The number of H-pyrrole nitrogens is 1. The van der Waals surface area contributed by atoms with Gasteiger partial charge in [-0.2, -0.15) is 0 Å². The van der Waals surface area contributed by atoms with Crippen molar-refractivity contribution in [2.24, 2.45) is 0 Å². The van der Waals surface area contributed by atoms with Gasteiger partial charge in [0.15, 0.2) is 9.74 Å². The van der Waals surface area contributed by atoms with Gasteiger partial charge in [-0.3, -0.25) is 33.6 Å². The van der Waals surface area contributed by atoms with Crippen molar-refractivity contribution in [2.75, 3.05) is 6.54 Å². The van der Waals surface area contributed by atoms with Crippen LogP contribution in [-0.4, -0.2) is 117 Å². The molecule has 1 saturated heterocycles. The van der Waals surface area contributed by atoms with E-state index in [1.54, 1.807) is 153 Å². The van der Waals surface area contributed by atoms with Gasteiger partial charge in [-0.25, -0.2) is 14.4 Å². The van der Waals surface area contributed by atoms with Crippen LogP contribution in [0.1, 0.15) is 84.5 Å². The second-order valence-electron chi connectivity index (χ2n) is 26.7. The Bertz CT molecular complexity index is 4650. The summed E-state index contributed by atoms with van der Waals surface area (Å²) in [7, 11) is 0. The summed E-state index contributed by atoms with van der Waals surface area (Å²) in [5.41, 5.74) is 5.63. The third-order valence-corrected chi connectivity index (χ3v) is 20.3. The van der Waals surface area contributed by atoms with Crippen molar-refractivity contribution in [3.8, 4) is 5.75 Å². The minimum absolute atomic E-state index is 0.000411. The molecule has 1 aliphatic heterocycles. The minimum atomic E-state index is -2.55. The van der Waals surface area contributed by atoms with Crippen LogP contribution in [-0.2, 0) is 105 Å². The van der Waals surface area contributed by atoms with Crippen molar-refractivity contribution in [3.63, 3.8) is 0 Å².